The van der Waals surface area contributed by atoms with E-state index in [1.165, 1.54) is 0 Å². The van der Waals surface area contributed by atoms with Gasteiger partial charge in [-0.3, -0.25) is 0 Å². The highest BCUT2D eigenvalue weighted by molar-refractivity contribution is 7.13. The number of carbonyl (C=O) groups excluding carboxylic acids is 1. The summed E-state index contributed by atoms with van der Waals surface area (Å²) < 4.78 is 5.49. The number of aromatic nitrogens is 2. The van der Waals surface area contributed by atoms with Crippen molar-refractivity contribution in [2.75, 3.05) is 18.5 Å². The lowest BCUT2D eigenvalue weighted by Gasteiger charge is -2.09. The monoisotopic (exact) mass is 354 g/mol. The highest BCUT2D eigenvalue weighted by Gasteiger charge is 2.04. The second-order valence-electron chi connectivity index (χ2n) is 5.33. The second kappa shape index (κ2) is 8.25. The Balaban J connectivity index is 1.40. The van der Waals surface area contributed by atoms with Gasteiger partial charge in [0.2, 0.25) is 5.88 Å². The Bertz CT molecular complexity index is 819. The summed E-state index contributed by atoms with van der Waals surface area (Å²) in [6.45, 7) is 2.65. The van der Waals surface area contributed by atoms with Crippen LogP contribution in [-0.2, 0) is 0 Å². The molecule has 0 radical (unpaired) electrons. The van der Waals surface area contributed by atoms with E-state index in [4.69, 9.17) is 4.74 Å². The van der Waals surface area contributed by atoms with Gasteiger partial charge in [-0.2, -0.15) is 0 Å². The number of rotatable bonds is 6. The highest BCUT2D eigenvalue weighted by Crippen LogP contribution is 2.22. The van der Waals surface area contributed by atoms with E-state index in [1.807, 2.05) is 54.8 Å². The highest BCUT2D eigenvalue weighted by atomic mass is 32.1. The summed E-state index contributed by atoms with van der Waals surface area (Å²) in [7, 11) is 0. The van der Waals surface area contributed by atoms with Crippen LogP contribution < -0.4 is 15.4 Å². The molecule has 2 N–H and O–H groups in total. The number of anilines is 1. The Morgan fingerprint density at radius 3 is 2.80 bits per heavy atom. The molecule has 0 bridgehead atoms. The molecule has 128 valence electrons. The largest absolute Gasteiger partial charge is 0.475 e. The minimum atomic E-state index is -0.270. The van der Waals surface area contributed by atoms with E-state index in [1.54, 1.807) is 17.4 Å². The summed E-state index contributed by atoms with van der Waals surface area (Å²) in [5, 5.41) is 15.7. The first-order chi connectivity index (χ1) is 12.2. The predicted octanol–water partition coefficient (Wildman–Crippen LogP) is 3.71. The Morgan fingerprint density at radius 2 is 2.08 bits per heavy atom. The standard InChI is InChI=1S/C18H18N4O2S/c1-13-4-2-5-14(12-13)20-18(23)19-9-10-24-17-8-7-15(21-22-17)16-6-3-11-25-16/h2-8,11-12H,9-10H2,1H3,(H2,19,20,23). The average molecular weight is 354 g/mol. The van der Waals surface area contributed by atoms with Gasteiger partial charge in [0.05, 0.1) is 11.4 Å². The molecule has 0 fully saturated rings. The van der Waals surface area contributed by atoms with Crippen LogP contribution in [0.1, 0.15) is 5.56 Å². The molecule has 0 aliphatic rings. The van der Waals surface area contributed by atoms with Gasteiger partial charge >= 0.3 is 6.03 Å². The first kappa shape index (κ1) is 16.9. The number of carbonyl (C=O) groups is 1. The molecular formula is C18H18N4O2S. The third kappa shape index (κ3) is 5.02. The lowest BCUT2D eigenvalue weighted by atomic mass is 10.2. The van der Waals surface area contributed by atoms with Crippen molar-refractivity contribution >= 4 is 23.1 Å². The zero-order valence-corrected chi connectivity index (χ0v) is 14.5. The van der Waals surface area contributed by atoms with Crippen molar-refractivity contribution in [1.82, 2.24) is 15.5 Å². The van der Waals surface area contributed by atoms with Gasteiger partial charge in [0, 0.05) is 11.8 Å². The fourth-order valence-corrected chi connectivity index (χ4v) is 2.86. The van der Waals surface area contributed by atoms with Crippen molar-refractivity contribution in [1.29, 1.82) is 0 Å². The SMILES string of the molecule is Cc1cccc(NC(=O)NCCOc2ccc(-c3cccs3)nn2)c1. The molecule has 6 nitrogen and oxygen atoms in total. The van der Waals surface area contributed by atoms with Crippen LogP contribution in [0, 0.1) is 6.92 Å². The molecule has 0 spiro atoms. The minimum Gasteiger partial charge on any atom is -0.475 e. The quantitative estimate of drug-likeness (QED) is 0.662. The molecular weight excluding hydrogens is 336 g/mol. The van der Waals surface area contributed by atoms with E-state index in [-0.39, 0.29) is 6.03 Å². The molecule has 0 saturated heterocycles. The number of hydrogen-bond donors (Lipinski definition) is 2. The van der Waals surface area contributed by atoms with Gasteiger partial charge in [0.15, 0.2) is 0 Å². The van der Waals surface area contributed by atoms with Crippen LogP contribution in [0.4, 0.5) is 10.5 Å². The van der Waals surface area contributed by atoms with Crippen LogP contribution in [0.3, 0.4) is 0 Å². The van der Waals surface area contributed by atoms with E-state index < -0.39 is 0 Å². The molecule has 0 aliphatic heterocycles. The van der Waals surface area contributed by atoms with Crippen LogP contribution in [0.25, 0.3) is 10.6 Å². The summed E-state index contributed by atoms with van der Waals surface area (Å²) in [5.41, 5.74) is 2.66. The molecule has 2 heterocycles. The Labute approximate surface area is 149 Å². The fraction of sp³-hybridized carbons (Fsp3) is 0.167. The van der Waals surface area contributed by atoms with E-state index in [2.05, 4.69) is 20.8 Å². The lowest BCUT2D eigenvalue weighted by Crippen LogP contribution is -2.32. The zero-order chi connectivity index (χ0) is 17.5. The van der Waals surface area contributed by atoms with Crippen LogP contribution in [0.5, 0.6) is 5.88 Å². The maximum absolute atomic E-state index is 11.8. The molecule has 0 saturated carbocycles. The van der Waals surface area contributed by atoms with Gasteiger partial charge in [0.25, 0.3) is 0 Å². The second-order valence-corrected chi connectivity index (χ2v) is 6.28. The van der Waals surface area contributed by atoms with E-state index in [9.17, 15) is 4.79 Å². The normalized spacial score (nSPS) is 10.3. The van der Waals surface area contributed by atoms with Crippen molar-refractivity contribution in [2.45, 2.75) is 6.92 Å². The molecule has 2 aromatic heterocycles. The molecule has 2 amide bonds. The van der Waals surface area contributed by atoms with E-state index in [0.717, 1.165) is 21.8 Å². The van der Waals surface area contributed by atoms with Gasteiger partial charge in [-0.05, 0) is 42.1 Å². The number of hydrogen-bond acceptors (Lipinski definition) is 5. The number of nitrogens with one attached hydrogen (secondary N) is 2. The van der Waals surface area contributed by atoms with Gasteiger partial charge in [-0.1, -0.05) is 18.2 Å². The maximum Gasteiger partial charge on any atom is 0.319 e. The van der Waals surface area contributed by atoms with Gasteiger partial charge in [-0.15, -0.1) is 21.5 Å². The topological polar surface area (TPSA) is 76.1 Å². The predicted molar refractivity (Wildman–Crippen MR) is 99.0 cm³/mol. The lowest BCUT2D eigenvalue weighted by molar-refractivity contribution is 0.246. The molecule has 0 unspecified atom stereocenters. The summed E-state index contributed by atoms with van der Waals surface area (Å²) in [6, 6.07) is 14.9. The molecule has 25 heavy (non-hydrogen) atoms. The first-order valence-corrected chi connectivity index (χ1v) is 8.70. The van der Waals surface area contributed by atoms with Gasteiger partial charge in [-0.25, -0.2) is 4.79 Å². The number of ether oxygens (including phenoxy) is 1. The number of urea groups is 1. The Hall–Kier alpha value is -2.93. The minimum absolute atomic E-state index is 0.270. The zero-order valence-electron chi connectivity index (χ0n) is 13.7. The van der Waals surface area contributed by atoms with E-state index >= 15 is 0 Å². The Morgan fingerprint density at radius 1 is 1.16 bits per heavy atom. The Kier molecular flexibility index (Phi) is 5.58. The van der Waals surface area contributed by atoms with Crippen molar-refractivity contribution < 1.29 is 9.53 Å². The summed E-state index contributed by atoms with van der Waals surface area (Å²) in [4.78, 5) is 12.9. The van der Waals surface area contributed by atoms with Crippen LogP contribution >= 0.6 is 11.3 Å². The van der Waals surface area contributed by atoms with Crippen LogP contribution in [0.2, 0.25) is 0 Å². The summed E-state index contributed by atoms with van der Waals surface area (Å²) in [5.74, 6) is 0.432. The average Bonchev–Trinajstić information content (AvgIpc) is 3.14. The molecule has 0 atom stereocenters. The van der Waals surface area contributed by atoms with E-state index in [0.29, 0.717) is 19.0 Å². The molecule has 7 heteroatoms. The maximum atomic E-state index is 11.8. The number of nitrogens with zero attached hydrogens (tertiary/aromatic N) is 2. The van der Waals surface area contributed by atoms with Crippen LogP contribution in [-0.4, -0.2) is 29.4 Å². The number of amides is 2. The smallest absolute Gasteiger partial charge is 0.319 e. The first-order valence-electron chi connectivity index (χ1n) is 7.82. The third-order valence-electron chi connectivity index (χ3n) is 3.33. The third-order valence-corrected chi connectivity index (χ3v) is 4.22. The van der Waals surface area contributed by atoms with Crippen LogP contribution in [0.15, 0.2) is 53.9 Å². The number of benzene rings is 1. The van der Waals surface area contributed by atoms with Gasteiger partial charge < -0.3 is 15.4 Å². The summed E-state index contributed by atoms with van der Waals surface area (Å²) in [6.07, 6.45) is 0. The molecule has 3 aromatic rings. The molecule has 0 aliphatic carbocycles. The van der Waals surface area contributed by atoms with Crippen molar-refractivity contribution in [3.8, 4) is 16.5 Å². The molecule has 1 aromatic carbocycles. The number of aryl methyl sites for hydroxylation is 1. The van der Waals surface area contributed by atoms with Gasteiger partial charge in [0.1, 0.15) is 12.3 Å². The van der Waals surface area contributed by atoms with Crippen molar-refractivity contribution in [3.63, 3.8) is 0 Å². The number of thiophene rings is 1. The van der Waals surface area contributed by atoms with Crippen molar-refractivity contribution in [2.24, 2.45) is 0 Å². The summed E-state index contributed by atoms with van der Waals surface area (Å²) >= 11 is 1.61. The molecule has 3 rings (SSSR count). The fourth-order valence-electron chi connectivity index (χ4n) is 2.17. The van der Waals surface area contributed by atoms with Crippen molar-refractivity contribution in [3.05, 3.63) is 59.5 Å².